The largest absolute Gasteiger partial charge is 0.103 e. The summed E-state index contributed by atoms with van der Waals surface area (Å²) in [6.07, 6.45) is 19.2. The molecule has 110 valence electrons. The zero-order valence-electron chi connectivity index (χ0n) is 13.4. The van der Waals surface area contributed by atoms with Crippen molar-refractivity contribution < 1.29 is 0 Å². The lowest BCUT2D eigenvalue weighted by Gasteiger charge is -2.27. The average molecular weight is 262 g/mol. The van der Waals surface area contributed by atoms with Crippen LogP contribution < -0.4 is 0 Å². The molecular weight excluding hydrogens is 228 g/mol. The third kappa shape index (κ3) is 8.35. The molecule has 0 unspecified atom stereocenters. The van der Waals surface area contributed by atoms with Crippen LogP contribution in [0.15, 0.2) is 0 Å². The smallest absolute Gasteiger partial charge is 0.0286 e. The molecule has 0 nitrogen and oxygen atoms in total. The molecule has 0 radical (unpaired) electrons. The molecule has 1 saturated carbocycles. The molecule has 0 bridgehead atoms. The van der Waals surface area contributed by atoms with Gasteiger partial charge in [-0.1, -0.05) is 77.1 Å². The van der Waals surface area contributed by atoms with E-state index in [9.17, 15) is 0 Å². The average Bonchev–Trinajstić information content (AvgIpc) is 2.42. The number of hydrogen-bond acceptors (Lipinski definition) is 0. The van der Waals surface area contributed by atoms with Crippen molar-refractivity contribution in [1.29, 1.82) is 0 Å². The Bertz CT molecular complexity index is 259. The Hall–Kier alpha value is -0.440. The van der Waals surface area contributed by atoms with Crippen molar-refractivity contribution in [2.75, 3.05) is 0 Å². The van der Waals surface area contributed by atoms with Crippen LogP contribution in [0.25, 0.3) is 0 Å². The zero-order chi connectivity index (χ0) is 13.8. The van der Waals surface area contributed by atoms with Crippen molar-refractivity contribution >= 4 is 0 Å². The Morgan fingerprint density at radius 2 is 1.37 bits per heavy atom. The van der Waals surface area contributed by atoms with Gasteiger partial charge in [0.2, 0.25) is 0 Å². The van der Waals surface area contributed by atoms with Gasteiger partial charge in [-0.05, 0) is 26.2 Å². The lowest BCUT2D eigenvalue weighted by molar-refractivity contribution is 0.299. The van der Waals surface area contributed by atoms with Crippen LogP contribution in [0.4, 0.5) is 0 Å². The first-order chi connectivity index (χ1) is 9.27. The van der Waals surface area contributed by atoms with E-state index in [1.165, 1.54) is 83.5 Å². The van der Waals surface area contributed by atoms with Crippen LogP contribution in [-0.4, -0.2) is 0 Å². The summed E-state index contributed by atoms with van der Waals surface area (Å²) in [5.41, 5.74) is 0.360. The van der Waals surface area contributed by atoms with E-state index in [4.69, 9.17) is 0 Å². The maximum Gasteiger partial charge on any atom is 0.0286 e. The predicted molar refractivity (Wildman–Crippen MR) is 86.2 cm³/mol. The maximum atomic E-state index is 3.57. The highest BCUT2D eigenvalue weighted by Crippen LogP contribution is 2.34. The van der Waals surface area contributed by atoms with Gasteiger partial charge in [-0.15, -0.1) is 5.92 Å². The van der Waals surface area contributed by atoms with Crippen LogP contribution in [-0.2, 0) is 0 Å². The van der Waals surface area contributed by atoms with Crippen molar-refractivity contribution in [3.8, 4) is 11.8 Å². The normalized spacial score (nSPS) is 17.8. The van der Waals surface area contributed by atoms with Gasteiger partial charge >= 0.3 is 0 Å². The second-order valence-corrected chi connectivity index (χ2v) is 6.65. The van der Waals surface area contributed by atoms with Gasteiger partial charge in [0.05, 0.1) is 0 Å². The minimum Gasteiger partial charge on any atom is -0.103 e. The van der Waals surface area contributed by atoms with Crippen molar-refractivity contribution in [3.63, 3.8) is 0 Å². The summed E-state index contributed by atoms with van der Waals surface area (Å²) in [6.45, 7) is 4.65. The van der Waals surface area contributed by atoms with Crippen LogP contribution in [0.3, 0.4) is 0 Å². The van der Waals surface area contributed by atoms with Crippen LogP contribution in [0.1, 0.15) is 104 Å². The molecule has 0 aromatic rings. The van der Waals surface area contributed by atoms with Gasteiger partial charge in [0, 0.05) is 11.8 Å². The second kappa shape index (κ2) is 10.4. The summed E-state index contributed by atoms with van der Waals surface area (Å²) in [5.74, 6) is 7.02. The molecule has 0 N–H and O–H groups in total. The van der Waals surface area contributed by atoms with Gasteiger partial charge in [0.1, 0.15) is 0 Å². The molecule has 19 heavy (non-hydrogen) atoms. The van der Waals surface area contributed by atoms with Crippen molar-refractivity contribution in [2.45, 2.75) is 104 Å². The molecule has 0 aromatic heterocycles. The molecule has 0 saturated heterocycles. The van der Waals surface area contributed by atoms with E-state index in [0.29, 0.717) is 5.41 Å². The fraction of sp³-hybridized carbons (Fsp3) is 0.895. The first-order valence-electron chi connectivity index (χ1n) is 8.77. The molecule has 1 aliphatic rings. The number of hydrogen-bond donors (Lipinski definition) is 0. The summed E-state index contributed by atoms with van der Waals surface area (Å²) in [7, 11) is 0. The molecule has 1 aliphatic carbocycles. The molecule has 0 amide bonds. The van der Waals surface area contributed by atoms with Crippen LogP contribution in [0.2, 0.25) is 0 Å². The molecular formula is C19H34. The SMILES string of the molecule is CCCCCCCCCCC#CC1(C)CCCCC1. The van der Waals surface area contributed by atoms with E-state index in [0.717, 1.165) is 6.42 Å². The van der Waals surface area contributed by atoms with Gasteiger partial charge in [0.25, 0.3) is 0 Å². The molecule has 0 heterocycles. The highest BCUT2D eigenvalue weighted by molar-refractivity contribution is 5.11. The Morgan fingerprint density at radius 1 is 0.789 bits per heavy atom. The molecule has 0 heteroatoms. The molecule has 0 aliphatic heterocycles. The fourth-order valence-electron chi connectivity index (χ4n) is 3.08. The summed E-state index contributed by atoms with van der Waals surface area (Å²) >= 11 is 0. The predicted octanol–water partition coefficient (Wildman–Crippen LogP) is 6.49. The Balaban J connectivity index is 1.95. The Kier molecular flexibility index (Phi) is 9.06. The molecule has 0 atom stereocenters. The van der Waals surface area contributed by atoms with Gasteiger partial charge < -0.3 is 0 Å². The first-order valence-corrected chi connectivity index (χ1v) is 8.77. The van der Waals surface area contributed by atoms with Crippen molar-refractivity contribution in [1.82, 2.24) is 0 Å². The number of rotatable bonds is 8. The summed E-state index contributed by atoms with van der Waals surface area (Å²) in [5, 5.41) is 0. The van der Waals surface area contributed by atoms with Crippen molar-refractivity contribution in [2.24, 2.45) is 5.41 Å². The van der Waals surface area contributed by atoms with Gasteiger partial charge in [0.15, 0.2) is 0 Å². The Morgan fingerprint density at radius 3 is 2.00 bits per heavy atom. The summed E-state index contributed by atoms with van der Waals surface area (Å²) in [6, 6.07) is 0. The van der Waals surface area contributed by atoms with Crippen LogP contribution in [0, 0.1) is 17.3 Å². The van der Waals surface area contributed by atoms with Gasteiger partial charge in [-0.3, -0.25) is 0 Å². The van der Waals surface area contributed by atoms with Gasteiger partial charge in [-0.2, -0.15) is 0 Å². The lowest BCUT2D eigenvalue weighted by Crippen LogP contribution is -2.17. The standard InChI is InChI=1S/C19H34/c1-3-4-5-6-7-8-9-10-11-13-16-19(2)17-14-12-15-18-19/h3-12,14-15,17-18H2,1-2H3. The second-order valence-electron chi connectivity index (χ2n) is 6.65. The maximum absolute atomic E-state index is 3.57. The minimum atomic E-state index is 0.360. The summed E-state index contributed by atoms with van der Waals surface area (Å²) in [4.78, 5) is 0. The third-order valence-electron chi connectivity index (χ3n) is 4.50. The van der Waals surface area contributed by atoms with Crippen LogP contribution >= 0.6 is 0 Å². The molecule has 0 spiro atoms. The van der Waals surface area contributed by atoms with E-state index in [2.05, 4.69) is 25.7 Å². The minimum absolute atomic E-state index is 0.360. The van der Waals surface area contributed by atoms with Crippen LogP contribution in [0.5, 0.6) is 0 Å². The highest BCUT2D eigenvalue weighted by atomic mass is 14.3. The topological polar surface area (TPSA) is 0 Å². The Labute approximate surface area is 121 Å². The molecule has 1 fully saturated rings. The highest BCUT2D eigenvalue weighted by Gasteiger charge is 2.23. The van der Waals surface area contributed by atoms with E-state index in [1.807, 2.05) is 0 Å². The quantitative estimate of drug-likeness (QED) is 0.346. The monoisotopic (exact) mass is 262 g/mol. The van der Waals surface area contributed by atoms with Crippen molar-refractivity contribution in [3.05, 3.63) is 0 Å². The first kappa shape index (κ1) is 16.6. The number of unbranched alkanes of at least 4 members (excludes halogenated alkanes) is 8. The van der Waals surface area contributed by atoms with E-state index < -0.39 is 0 Å². The van der Waals surface area contributed by atoms with Gasteiger partial charge in [-0.25, -0.2) is 0 Å². The fourth-order valence-corrected chi connectivity index (χ4v) is 3.08. The molecule has 0 aromatic carbocycles. The zero-order valence-corrected chi connectivity index (χ0v) is 13.4. The van der Waals surface area contributed by atoms with E-state index in [1.54, 1.807) is 0 Å². The summed E-state index contributed by atoms with van der Waals surface area (Å²) < 4.78 is 0. The van der Waals surface area contributed by atoms with E-state index >= 15 is 0 Å². The third-order valence-corrected chi connectivity index (χ3v) is 4.50. The molecule has 1 rings (SSSR count). The lowest BCUT2D eigenvalue weighted by atomic mass is 9.76. The van der Waals surface area contributed by atoms with E-state index in [-0.39, 0.29) is 0 Å².